The molecule has 0 spiro atoms. The smallest absolute Gasteiger partial charge is 0.257 e. The first-order valence-electron chi connectivity index (χ1n) is 8.44. The van der Waals surface area contributed by atoms with Gasteiger partial charge in [0.2, 0.25) is 0 Å². The molecule has 2 amide bonds. The third-order valence-electron chi connectivity index (χ3n) is 4.06. The maximum Gasteiger partial charge on any atom is 0.257 e. The second-order valence-corrected chi connectivity index (χ2v) is 6.49. The van der Waals surface area contributed by atoms with E-state index in [1.807, 2.05) is 13.0 Å². The molecule has 2 N–H and O–H groups in total. The second-order valence-electron chi connectivity index (χ2n) is 6.06. The number of methoxy groups -OCH3 is 1. The molecule has 0 aliphatic heterocycles. The van der Waals surface area contributed by atoms with Crippen molar-refractivity contribution in [1.29, 1.82) is 0 Å². The first-order valence-corrected chi connectivity index (χ1v) is 8.82. The quantitative estimate of drug-likeness (QED) is 0.663. The molecular formula is C21H18ClN3O3. The van der Waals surface area contributed by atoms with Gasteiger partial charge in [-0.2, -0.15) is 0 Å². The number of benzene rings is 2. The van der Waals surface area contributed by atoms with E-state index < -0.39 is 0 Å². The molecule has 28 heavy (non-hydrogen) atoms. The van der Waals surface area contributed by atoms with Gasteiger partial charge < -0.3 is 15.4 Å². The maximum absolute atomic E-state index is 12.5. The second kappa shape index (κ2) is 8.54. The van der Waals surface area contributed by atoms with Gasteiger partial charge in [-0.05, 0) is 55.0 Å². The summed E-state index contributed by atoms with van der Waals surface area (Å²) in [6.45, 7) is 1.86. The number of hydrogen-bond donors (Lipinski definition) is 2. The van der Waals surface area contributed by atoms with Crippen LogP contribution in [0.1, 0.15) is 26.3 Å². The highest BCUT2D eigenvalue weighted by atomic mass is 35.5. The summed E-state index contributed by atoms with van der Waals surface area (Å²) in [5.41, 5.74) is 2.62. The Balaban J connectivity index is 1.74. The number of hydrogen-bond acceptors (Lipinski definition) is 4. The maximum atomic E-state index is 12.5. The molecule has 3 aromatic rings. The summed E-state index contributed by atoms with van der Waals surface area (Å²) in [7, 11) is 1.57. The van der Waals surface area contributed by atoms with Crippen molar-refractivity contribution >= 4 is 34.8 Å². The highest BCUT2D eigenvalue weighted by molar-refractivity contribution is 6.31. The minimum Gasteiger partial charge on any atom is -0.497 e. The molecule has 0 saturated heterocycles. The summed E-state index contributed by atoms with van der Waals surface area (Å²) in [5, 5.41) is 6.07. The lowest BCUT2D eigenvalue weighted by Gasteiger charge is -2.10. The number of aromatic nitrogens is 1. The SMILES string of the molecule is COc1ccc(NC(=O)c2cncc(C(=O)Nc3cc(Cl)ccc3C)c2)cc1. The molecule has 0 atom stereocenters. The van der Waals surface area contributed by atoms with E-state index in [0.717, 1.165) is 5.56 Å². The summed E-state index contributed by atoms with van der Waals surface area (Å²) < 4.78 is 5.09. The molecule has 7 heteroatoms. The zero-order valence-corrected chi connectivity index (χ0v) is 16.1. The Morgan fingerprint density at radius 2 is 1.57 bits per heavy atom. The molecule has 0 unspecified atom stereocenters. The third kappa shape index (κ3) is 4.66. The lowest BCUT2D eigenvalue weighted by atomic mass is 10.1. The van der Waals surface area contributed by atoms with E-state index in [-0.39, 0.29) is 22.9 Å². The fourth-order valence-electron chi connectivity index (χ4n) is 2.49. The van der Waals surface area contributed by atoms with Crippen LogP contribution in [0.5, 0.6) is 5.75 Å². The van der Waals surface area contributed by atoms with Gasteiger partial charge in [0.25, 0.3) is 11.8 Å². The van der Waals surface area contributed by atoms with Gasteiger partial charge >= 0.3 is 0 Å². The Kier molecular flexibility index (Phi) is 5.91. The highest BCUT2D eigenvalue weighted by Gasteiger charge is 2.13. The van der Waals surface area contributed by atoms with Crippen molar-refractivity contribution in [3.05, 3.63) is 82.6 Å². The lowest BCUT2D eigenvalue weighted by molar-refractivity contribution is 0.102. The van der Waals surface area contributed by atoms with Crippen LogP contribution in [0.3, 0.4) is 0 Å². The summed E-state index contributed by atoms with van der Waals surface area (Å²) in [5.74, 6) is -0.0575. The monoisotopic (exact) mass is 395 g/mol. The molecule has 0 fully saturated rings. The van der Waals surface area contributed by atoms with E-state index in [1.54, 1.807) is 43.5 Å². The van der Waals surface area contributed by atoms with Crippen molar-refractivity contribution in [2.45, 2.75) is 6.92 Å². The molecule has 0 radical (unpaired) electrons. The van der Waals surface area contributed by atoms with Gasteiger partial charge in [-0.3, -0.25) is 14.6 Å². The number of ether oxygens (including phenoxy) is 1. The van der Waals surface area contributed by atoms with Crippen LogP contribution in [-0.4, -0.2) is 23.9 Å². The number of carbonyl (C=O) groups is 2. The number of aryl methyl sites for hydroxylation is 1. The Morgan fingerprint density at radius 1 is 0.929 bits per heavy atom. The van der Waals surface area contributed by atoms with Gasteiger partial charge in [0.15, 0.2) is 0 Å². The average molecular weight is 396 g/mol. The van der Waals surface area contributed by atoms with Crippen LogP contribution in [0.25, 0.3) is 0 Å². The molecular weight excluding hydrogens is 378 g/mol. The molecule has 1 aromatic heterocycles. The lowest BCUT2D eigenvalue weighted by Crippen LogP contribution is -2.16. The molecule has 0 aliphatic carbocycles. The van der Waals surface area contributed by atoms with Gasteiger partial charge in [0.05, 0.1) is 18.2 Å². The van der Waals surface area contributed by atoms with Crippen LogP contribution in [0.15, 0.2) is 60.9 Å². The molecule has 142 valence electrons. The number of pyridine rings is 1. The fraction of sp³-hybridized carbons (Fsp3) is 0.0952. The minimum atomic E-state index is -0.378. The first-order chi connectivity index (χ1) is 13.5. The van der Waals surface area contributed by atoms with Gasteiger partial charge in [0, 0.05) is 28.8 Å². The highest BCUT2D eigenvalue weighted by Crippen LogP contribution is 2.21. The van der Waals surface area contributed by atoms with E-state index in [4.69, 9.17) is 16.3 Å². The predicted octanol–water partition coefficient (Wildman–Crippen LogP) is 4.56. The normalized spacial score (nSPS) is 10.2. The van der Waals surface area contributed by atoms with Crippen molar-refractivity contribution < 1.29 is 14.3 Å². The minimum absolute atomic E-state index is 0.266. The Hall–Kier alpha value is -3.38. The molecule has 3 rings (SSSR count). The Labute approximate surface area is 167 Å². The van der Waals surface area contributed by atoms with Crippen LogP contribution < -0.4 is 15.4 Å². The number of amides is 2. The number of carbonyl (C=O) groups excluding carboxylic acids is 2. The molecule has 0 bridgehead atoms. The van der Waals surface area contributed by atoms with Gasteiger partial charge in [-0.1, -0.05) is 17.7 Å². The van der Waals surface area contributed by atoms with Gasteiger partial charge in [-0.25, -0.2) is 0 Å². The van der Waals surface area contributed by atoms with E-state index >= 15 is 0 Å². The third-order valence-corrected chi connectivity index (χ3v) is 4.29. The summed E-state index contributed by atoms with van der Waals surface area (Å²) >= 11 is 5.98. The summed E-state index contributed by atoms with van der Waals surface area (Å²) in [6, 6.07) is 13.7. The number of nitrogens with zero attached hydrogens (tertiary/aromatic N) is 1. The van der Waals surface area contributed by atoms with Crippen LogP contribution in [-0.2, 0) is 0 Å². The van der Waals surface area contributed by atoms with E-state index in [2.05, 4.69) is 15.6 Å². The predicted molar refractivity (Wildman–Crippen MR) is 109 cm³/mol. The molecule has 2 aromatic carbocycles. The largest absolute Gasteiger partial charge is 0.497 e. The zero-order chi connectivity index (χ0) is 20.1. The summed E-state index contributed by atoms with van der Waals surface area (Å²) in [4.78, 5) is 29.0. The zero-order valence-electron chi connectivity index (χ0n) is 15.3. The molecule has 6 nitrogen and oxygen atoms in total. The van der Waals surface area contributed by atoms with Crippen LogP contribution in [0.2, 0.25) is 5.02 Å². The Morgan fingerprint density at radius 3 is 2.21 bits per heavy atom. The number of rotatable bonds is 5. The standard InChI is InChI=1S/C21H18ClN3O3/c1-13-3-4-16(22)10-19(13)25-21(27)15-9-14(11-23-12-15)20(26)24-17-5-7-18(28-2)8-6-17/h3-12H,1-2H3,(H,24,26)(H,25,27). The van der Waals surface area contributed by atoms with Crippen molar-refractivity contribution in [3.8, 4) is 5.75 Å². The van der Waals surface area contributed by atoms with E-state index in [0.29, 0.717) is 22.1 Å². The number of anilines is 2. The van der Waals surface area contributed by atoms with Crippen LogP contribution >= 0.6 is 11.6 Å². The topological polar surface area (TPSA) is 80.3 Å². The summed E-state index contributed by atoms with van der Waals surface area (Å²) in [6.07, 6.45) is 2.81. The van der Waals surface area contributed by atoms with Gasteiger partial charge in [0.1, 0.15) is 5.75 Å². The van der Waals surface area contributed by atoms with Gasteiger partial charge in [-0.15, -0.1) is 0 Å². The number of halogens is 1. The average Bonchev–Trinajstić information content (AvgIpc) is 2.71. The van der Waals surface area contributed by atoms with Crippen molar-refractivity contribution in [1.82, 2.24) is 4.98 Å². The van der Waals surface area contributed by atoms with E-state index in [9.17, 15) is 9.59 Å². The van der Waals surface area contributed by atoms with Crippen molar-refractivity contribution in [2.75, 3.05) is 17.7 Å². The Bertz CT molecular complexity index is 1020. The molecule has 1 heterocycles. The van der Waals surface area contributed by atoms with Crippen molar-refractivity contribution in [3.63, 3.8) is 0 Å². The van der Waals surface area contributed by atoms with Crippen LogP contribution in [0.4, 0.5) is 11.4 Å². The van der Waals surface area contributed by atoms with E-state index in [1.165, 1.54) is 18.5 Å². The molecule has 0 aliphatic rings. The fourth-order valence-corrected chi connectivity index (χ4v) is 2.66. The van der Waals surface area contributed by atoms with Crippen molar-refractivity contribution in [2.24, 2.45) is 0 Å². The first kappa shape index (κ1) is 19.4. The van der Waals surface area contributed by atoms with Crippen LogP contribution in [0, 0.1) is 6.92 Å². The molecule has 0 saturated carbocycles. The number of nitrogens with one attached hydrogen (secondary N) is 2.